The van der Waals surface area contributed by atoms with Gasteiger partial charge in [0.05, 0.1) is 24.1 Å². The summed E-state index contributed by atoms with van der Waals surface area (Å²) in [6.45, 7) is 7.56. The Morgan fingerprint density at radius 1 is 1.15 bits per heavy atom. The van der Waals surface area contributed by atoms with Gasteiger partial charge in [-0.1, -0.05) is 0 Å². The lowest BCUT2D eigenvalue weighted by Crippen LogP contribution is -2.44. The number of hydrogen-bond donors (Lipinski definition) is 1. The third-order valence-corrected chi connectivity index (χ3v) is 5.57. The number of alkyl halides is 3. The second kappa shape index (κ2) is 9.57. The van der Waals surface area contributed by atoms with Crippen molar-refractivity contribution in [3.63, 3.8) is 0 Å². The largest absolute Gasteiger partial charge is 0.496 e. The molecule has 180 valence electrons. The van der Waals surface area contributed by atoms with Gasteiger partial charge in [-0.25, -0.2) is 4.79 Å². The van der Waals surface area contributed by atoms with Crippen LogP contribution in [0.3, 0.4) is 0 Å². The molecule has 0 saturated heterocycles. The predicted molar refractivity (Wildman–Crippen MR) is 118 cm³/mol. The van der Waals surface area contributed by atoms with Crippen molar-refractivity contribution in [2.24, 2.45) is 5.92 Å². The number of halogens is 3. The van der Waals surface area contributed by atoms with E-state index in [0.717, 1.165) is 49.1 Å². The standard InChI is InChI=1S/C24H30F3N3O3/c1-14-10-17(8-6-15-11-18(12-15)33-22(31)28-23(2,3)4)29-30-21(14)19-9-7-16(24(25,26)27)13-20(19)32-5/h7,9-10,13,15,18H,6,8,11-12H2,1-5H3,(H,28,31). The van der Waals surface area contributed by atoms with Crippen molar-refractivity contribution < 1.29 is 27.4 Å². The van der Waals surface area contributed by atoms with Crippen LogP contribution in [0.25, 0.3) is 11.3 Å². The Bertz CT molecular complexity index is 997. The highest BCUT2D eigenvalue weighted by molar-refractivity contribution is 5.70. The molecule has 0 unspecified atom stereocenters. The predicted octanol–water partition coefficient (Wildman–Crippen LogP) is 5.72. The molecule has 1 saturated carbocycles. The molecule has 0 radical (unpaired) electrons. The molecule has 0 aliphatic heterocycles. The Balaban J connectivity index is 1.56. The van der Waals surface area contributed by atoms with Gasteiger partial charge in [-0.05, 0) is 89.1 Å². The molecule has 0 spiro atoms. The van der Waals surface area contributed by atoms with Crippen LogP contribution in [-0.4, -0.2) is 35.0 Å². The number of carbonyl (C=O) groups is 1. The van der Waals surface area contributed by atoms with Crippen LogP contribution in [-0.2, 0) is 17.3 Å². The number of aromatic nitrogens is 2. The summed E-state index contributed by atoms with van der Waals surface area (Å²) >= 11 is 0. The van der Waals surface area contributed by atoms with E-state index in [1.807, 2.05) is 33.8 Å². The summed E-state index contributed by atoms with van der Waals surface area (Å²) < 4.78 is 49.6. The van der Waals surface area contributed by atoms with Crippen LogP contribution in [0.5, 0.6) is 5.75 Å². The third kappa shape index (κ3) is 6.58. The van der Waals surface area contributed by atoms with Crippen LogP contribution in [0, 0.1) is 12.8 Å². The average molecular weight is 466 g/mol. The highest BCUT2D eigenvalue weighted by Gasteiger charge is 2.33. The second-order valence-corrected chi connectivity index (χ2v) is 9.56. The van der Waals surface area contributed by atoms with Gasteiger partial charge in [0, 0.05) is 11.1 Å². The monoisotopic (exact) mass is 465 g/mol. The molecule has 1 amide bonds. The lowest BCUT2D eigenvalue weighted by atomic mass is 9.79. The zero-order chi connectivity index (χ0) is 24.4. The van der Waals surface area contributed by atoms with Gasteiger partial charge < -0.3 is 14.8 Å². The maximum absolute atomic E-state index is 13.0. The van der Waals surface area contributed by atoms with Crippen molar-refractivity contribution in [3.05, 3.63) is 41.1 Å². The summed E-state index contributed by atoms with van der Waals surface area (Å²) in [5.74, 6) is 0.556. The molecular formula is C24H30F3N3O3. The maximum atomic E-state index is 13.0. The molecule has 1 N–H and O–H groups in total. The van der Waals surface area contributed by atoms with E-state index in [4.69, 9.17) is 9.47 Å². The average Bonchev–Trinajstić information content (AvgIpc) is 2.67. The molecule has 0 atom stereocenters. The minimum absolute atomic E-state index is 0.0559. The first-order valence-electron chi connectivity index (χ1n) is 10.9. The molecule has 9 heteroatoms. The number of amides is 1. The molecule has 1 aliphatic carbocycles. The van der Waals surface area contributed by atoms with E-state index >= 15 is 0 Å². The highest BCUT2D eigenvalue weighted by atomic mass is 19.4. The summed E-state index contributed by atoms with van der Waals surface area (Å²) in [5.41, 5.74) is 1.49. The van der Waals surface area contributed by atoms with E-state index in [2.05, 4.69) is 15.5 Å². The number of ether oxygens (including phenoxy) is 2. The van der Waals surface area contributed by atoms with Gasteiger partial charge in [-0.2, -0.15) is 18.3 Å². The quantitative estimate of drug-likeness (QED) is 0.591. The number of alkyl carbamates (subject to hydrolysis) is 1. The molecule has 3 rings (SSSR count). The molecule has 1 fully saturated rings. The van der Waals surface area contributed by atoms with E-state index < -0.39 is 11.7 Å². The summed E-state index contributed by atoms with van der Waals surface area (Å²) in [7, 11) is 1.33. The summed E-state index contributed by atoms with van der Waals surface area (Å²) in [6.07, 6.45) is -1.61. The topological polar surface area (TPSA) is 73.3 Å². The minimum atomic E-state index is -4.45. The van der Waals surface area contributed by atoms with E-state index in [1.54, 1.807) is 0 Å². The first-order valence-corrected chi connectivity index (χ1v) is 10.9. The minimum Gasteiger partial charge on any atom is -0.496 e. The number of nitrogens with one attached hydrogen (secondary N) is 1. The van der Waals surface area contributed by atoms with Gasteiger partial charge in [-0.3, -0.25) is 0 Å². The van der Waals surface area contributed by atoms with Crippen LogP contribution >= 0.6 is 0 Å². The molecule has 2 aromatic rings. The summed E-state index contributed by atoms with van der Waals surface area (Å²) in [5, 5.41) is 11.3. The van der Waals surface area contributed by atoms with Crippen LogP contribution in [0.2, 0.25) is 0 Å². The number of carbonyl (C=O) groups excluding carboxylic acids is 1. The Morgan fingerprint density at radius 3 is 2.42 bits per heavy atom. The lowest BCUT2D eigenvalue weighted by Gasteiger charge is -2.35. The van der Waals surface area contributed by atoms with Gasteiger partial charge >= 0.3 is 12.3 Å². The first-order chi connectivity index (χ1) is 15.4. The number of benzene rings is 1. The zero-order valence-electron chi connectivity index (χ0n) is 19.5. The van der Waals surface area contributed by atoms with Gasteiger partial charge in [0.2, 0.25) is 0 Å². The van der Waals surface area contributed by atoms with Gasteiger partial charge in [0.15, 0.2) is 0 Å². The molecule has 1 aliphatic rings. The maximum Gasteiger partial charge on any atom is 0.416 e. The van der Waals surface area contributed by atoms with Crippen molar-refractivity contribution in [2.45, 2.75) is 71.2 Å². The lowest BCUT2D eigenvalue weighted by molar-refractivity contribution is -0.137. The molecular weight excluding hydrogens is 435 g/mol. The van der Waals surface area contributed by atoms with Gasteiger partial charge in [0.25, 0.3) is 0 Å². The molecule has 1 aromatic carbocycles. The number of rotatable bonds is 6. The molecule has 1 heterocycles. The van der Waals surface area contributed by atoms with Crippen LogP contribution in [0.4, 0.5) is 18.0 Å². The summed E-state index contributed by atoms with van der Waals surface area (Å²) in [4.78, 5) is 11.8. The van der Waals surface area contributed by atoms with Gasteiger partial charge in [0.1, 0.15) is 11.9 Å². The third-order valence-electron chi connectivity index (χ3n) is 5.57. The normalized spacial score (nSPS) is 18.4. The first kappa shape index (κ1) is 24.8. The van der Waals surface area contributed by atoms with E-state index in [0.29, 0.717) is 17.2 Å². The second-order valence-electron chi connectivity index (χ2n) is 9.56. The Labute approximate surface area is 191 Å². The Kier molecular flexibility index (Phi) is 7.19. The van der Waals surface area contributed by atoms with E-state index in [9.17, 15) is 18.0 Å². The zero-order valence-corrected chi connectivity index (χ0v) is 19.5. The molecule has 33 heavy (non-hydrogen) atoms. The highest BCUT2D eigenvalue weighted by Crippen LogP contribution is 2.38. The van der Waals surface area contributed by atoms with Crippen molar-refractivity contribution >= 4 is 6.09 Å². The smallest absolute Gasteiger partial charge is 0.416 e. The number of methoxy groups -OCH3 is 1. The van der Waals surface area contributed by atoms with Gasteiger partial charge in [-0.15, -0.1) is 5.10 Å². The van der Waals surface area contributed by atoms with Crippen LogP contribution in [0.15, 0.2) is 24.3 Å². The van der Waals surface area contributed by atoms with Crippen molar-refractivity contribution in [1.29, 1.82) is 0 Å². The molecule has 0 bridgehead atoms. The number of aryl methyl sites for hydroxylation is 2. The Morgan fingerprint density at radius 2 is 1.85 bits per heavy atom. The van der Waals surface area contributed by atoms with Crippen molar-refractivity contribution in [3.8, 4) is 17.0 Å². The fourth-order valence-corrected chi connectivity index (χ4v) is 3.84. The van der Waals surface area contributed by atoms with E-state index in [1.165, 1.54) is 13.2 Å². The number of hydrogen-bond acceptors (Lipinski definition) is 5. The van der Waals surface area contributed by atoms with Crippen molar-refractivity contribution in [2.75, 3.05) is 7.11 Å². The fraction of sp³-hybridized carbons (Fsp3) is 0.542. The van der Waals surface area contributed by atoms with Crippen LogP contribution < -0.4 is 10.1 Å². The van der Waals surface area contributed by atoms with Crippen LogP contribution in [0.1, 0.15) is 56.9 Å². The SMILES string of the molecule is COc1cc(C(F)(F)F)ccc1-c1nnc(CCC2CC(OC(=O)NC(C)(C)C)C2)cc1C. The molecule has 1 aromatic heterocycles. The van der Waals surface area contributed by atoms with E-state index in [-0.39, 0.29) is 23.5 Å². The Hall–Kier alpha value is -2.84. The summed E-state index contributed by atoms with van der Waals surface area (Å²) in [6, 6.07) is 5.26. The van der Waals surface area contributed by atoms with Crippen molar-refractivity contribution in [1.82, 2.24) is 15.5 Å². The fourth-order valence-electron chi connectivity index (χ4n) is 3.84. The molecule has 6 nitrogen and oxygen atoms in total. The number of nitrogens with zero attached hydrogens (tertiary/aromatic N) is 2.